The Bertz CT molecular complexity index is 323. The Morgan fingerprint density at radius 3 is 2.75 bits per heavy atom. The molecule has 90 valence electrons. The van der Waals surface area contributed by atoms with E-state index in [2.05, 4.69) is 24.1 Å². The molecule has 0 unspecified atom stereocenters. The van der Waals surface area contributed by atoms with Gasteiger partial charge in [-0.2, -0.15) is 0 Å². The topological polar surface area (TPSA) is 24.9 Å². The van der Waals surface area contributed by atoms with Crippen LogP contribution in [0.1, 0.15) is 32.4 Å². The average molecular weight is 241 g/mol. The van der Waals surface area contributed by atoms with Crippen LogP contribution in [0.25, 0.3) is 0 Å². The molecule has 0 saturated heterocycles. The van der Waals surface area contributed by atoms with E-state index in [1.165, 1.54) is 0 Å². The minimum atomic E-state index is 0.264. The van der Waals surface area contributed by atoms with Gasteiger partial charge in [-0.25, -0.2) is 4.98 Å². The van der Waals surface area contributed by atoms with Crippen molar-refractivity contribution in [3.05, 3.63) is 23.9 Å². The number of anilines is 1. The normalized spacial score (nSPS) is 11.5. The molecule has 16 heavy (non-hydrogen) atoms. The maximum absolute atomic E-state index is 5.71. The van der Waals surface area contributed by atoms with Crippen LogP contribution in [0.2, 0.25) is 0 Å². The summed E-state index contributed by atoms with van der Waals surface area (Å²) in [5, 5.41) is 3.38. The molecule has 0 aliphatic carbocycles. The standard InChI is InChI=1S/C13H21ClN2/c1-11-6-4-7-12(16-11)15-10-13(2,3)8-5-9-14/h4,6-7H,5,8-10H2,1-3H3,(H,15,16). The summed E-state index contributed by atoms with van der Waals surface area (Å²) in [6.07, 6.45) is 2.20. The van der Waals surface area contributed by atoms with Crippen molar-refractivity contribution in [1.29, 1.82) is 0 Å². The van der Waals surface area contributed by atoms with Gasteiger partial charge < -0.3 is 5.32 Å². The molecular formula is C13H21ClN2. The third-order valence-electron chi connectivity index (χ3n) is 2.62. The summed E-state index contributed by atoms with van der Waals surface area (Å²) in [6.45, 7) is 7.44. The van der Waals surface area contributed by atoms with Gasteiger partial charge in [0.2, 0.25) is 0 Å². The zero-order valence-electron chi connectivity index (χ0n) is 10.4. The van der Waals surface area contributed by atoms with Gasteiger partial charge in [0.05, 0.1) is 0 Å². The molecule has 0 amide bonds. The molecule has 1 heterocycles. The largest absolute Gasteiger partial charge is 0.370 e. The summed E-state index contributed by atoms with van der Waals surface area (Å²) < 4.78 is 0. The van der Waals surface area contributed by atoms with E-state index in [1.807, 2.05) is 25.1 Å². The second kappa shape index (κ2) is 6.09. The van der Waals surface area contributed by atoms with Gasteiger partial charge in [-0.3, -0.25) is 0 Å². The van der Waals surface area contributed by atoms with Crippen LogP contribution < -0.4 is 5.32 Å². The highest BCUT2D eigenvalue weighted by Gasteiger charge is 2.16. The van der Waals surface area contributed by atoms with Gasteiger partial charge in [-0.1, -0.05) is 19.9 Å². The van der Waals surface area contributed by atoms with Crippen molar-refractivity contribution < 1.29 is 0 Å². The molecule has 0 saturated carbocycles. The minimum absolute atomic E-state index is 0.264. The van der Waals surface area contributed by atoms with Crippen LogP contribution >= 0.6 is 11.6 Å². The van der Waals surface area contributed by atoms with E-state index in [0.29, 0.717) is 0 Å². The summed E-state index contributed by atoms with van der Waals surface area (Å²) in [7, 11) is 0. The fourth-order valence-electron chi connectivity index (χ4n) is 1.61. The Hall–Kier alpha value is -0.760. The van der Waals surface area contributed by atoms with Gasteiger partial charge in [0.1, 0.15) is 5.82 Å². The highest BCUT2D eigenvalue weighted by atomic mass is 35.5. The lowest BCUT2D eigenvalue weighted by atomic mass is 9.88. The molecule has 2 nitrogen and oxygen atoms in total. The fourth-order valence-corrected chi connectivity index (χ4v) is 1.74. The molecule has 0 spiro atoms. The van der Waals surface area contributed by atoms with Gasteiger partial charge in [-0.05, 0) is 37.3 Å². The lowest BCUT2D eigenvalue weighted by Gasteiger charge is -2.24. The van der Waals surface area contributed by atoms with Crippen LogP contribution in [0, 0.1) is 12.3 Å². The molecule has 0 aliphatic rings. The number of pyridine rings is 1. The highest BCUT2D eigenvalue weighted by molar-refractivity contribution is 6.17. The van der Waals surface area contributed by atoms with Crippen LogP contribution in [-0.2, 0) is 0 Å². The first-order valence-electron chi connectivity index (χ1n) is 5.77. The predicted molar refractivity (Wildman–Crippen MR) is 71.2 cm³/mol. The van der Waals surface area contributed by atoms with E-state index in [0.717, 1.165) is 36.8 Å². The molecule has 0 aliphatic heterocycles. The zero-order valence-corrected chi connectivity index (χ0v) is 11.1. The number of aromatic nitrogens is 1. The van der Waals surface area contributed by atoms with Crippen LogP contribution in [0.3, 0.4) is 0 Å². The maximum Gasteiger partial charge on any atom is 0.126 e. The number of hydrogen-bond donors (Lipinski definition) is 1. The Morgan fingerprint density at radius 2 is 2.12 bits per heavy atom. The second-order valence-electron chi connectivity index (χ2n) is 4.97. The Balaban J connectivity index is 2.44. The van der Waals surface area contributed by atoms with Crippen molar-refractivity contribution in [3.63, 3.8) is 0 Å². The molecule has 0 atom stereocenters. The van der Waals surface area contributed by atoms with Crippen molar-refractivity contribution in [2.75, 3.05) is 17.7 Å². The summed E-state index contributed by atoms with van der Waals surface area (Å²) in [5.74, 6) is 1.70. The van der Waals surface area contributed by atoms with Crippen molar-refractivity contribution in [2.24, 2.45) is 5.41 Å². The average Bonchev–Trinajstić information content (AvgIpc) is 2.24. The molecule has 0 radical (unpaired) electrons. The van der Waals surface area contributed by atoms with Gasteiger partial charge in [0.15, 0.2) is 0 Å². The molecule has 1 rings (SSSR count). The van der Waals surface area contributed by atoms with E-state index >= 15 is 0 Å². The Kier molecular flexibility index (Phi) is 5.07. The van der Waals surface area contributed by atoms with Gasteiger partial charge in [-0.15, -0.1) is 11.6 Å². The number of nitrogens with zero attached hydrogens (tertiary/aromatic N) is 1. The van der Waals surface area contributed by atoms with E-state index in [-0.39, 0.29) is 5.41 Å². The summed E-state index contributed by atoms with van der Waals surface area (Å²) in [4.78, 5) is 4.42. The van der Waals surface area contributed by atoms with E-state index in [4.69, 9.17) is 11.6 Å². The monoisotopic (exact) mass is 240 g/mol. The van der Waals surface area contributed by atoms with Crippen LogP contribution in [0.15, 0.2) is 18.2 Å². The first-order chi connectivity index (χ1) is 7.53. The first kappa shape index (κ1) is 13.3. The van der Waals surface area contributed by atoms with Crippen molar-refractivity contribution in [1.82, 2.24) is 4.98 Å². The molecule has 1 N–H and O–H groups in total. The molecule has 0 bridgehead atoms. The molecule has 3 heteroatoms. The quantitative estimate of drug-likeness (QED) is 0.764. The third kappa shape index (κ3) is 4.84. The van der Waals surface area contributed by atoms with Crippen molar-refractivity contribution >= 4 is 17.4 Å². The smallest absolute Gasteiger partial charge is 0.126 e. The summed E-state index contributed by atoms with van der Waals surface area (Å²) >= 11 is 5.71. The SMILES string of the molecule is Cc1cccc(NCC(C)(C)CCCCl)n1. The zero-order chi connectivity index (χ0) is 12.0. The van der Waals surface area contributed by atoms with E-state index in [1.54, 1.807) is 0 Å². The molecule has 0 fully saturated rings. The summed E-state index contributed by atoms with van der Waals surface area (Å²) in [5.41, 5.74) is 1.31. The Labute approximate surface area is 103 Å². The molecule has 1 aromatic heterocycles. The predicted octanol–water partition coefficient (Wildman–Crippen LogP) is 3.85. The second-order valence-corrected chi connectivity index (χ2v) is 5.35. The Morgan fingerprint density at radius 1 is 1.38 bits per heavy atom. The van der Waals surface area contributed by atoms with Gasteiger partial charge >= 0.3 is 0 Å². The van der Waals surface area contributed by atoms with E-state index < -0.39 is 0 Å². The molecule has 0 aromatic carbocycles. The van der Waals surface area contributed by atoms with Crippen molar-refractivity contribution in [2.45, 2.75) is 33.6 Å². The number of alkyl halides is 1. The number of aryl methyl sites for hydroxylation is 1. The number of halogens is 1. The van der Waals surface area contributed by atoms with Crippen LogP contribution in [0.4, 0.5) is 5.82 Å². The fraction of sp³-hybridized carbons (Fsp3) is 0.615. The van der Waals surface area contributed by atoms with E-state index in [9.17, 15) is 0 Å². The number of nitrogens with one attached hydrogen (secondary N) is 1. The lowest BCUT2D eigenvalue weighted by molar-refractivity contribution is 0.355. The first-order valence-corrected chi connectivity index (χ1v) is 6.30. The highest BCUT2D eigenvalue weighted by Crippen LogP contribution is 2.22. The van der Waals surface area contributed by atoms with Gasteiger partial charge in [0, 0.05) is 18.1 Å². The maximum atomic E-state index is 5.71. The van der Waals surface area contributed by atoms with Crippen LogP contribution in [-0.4, -0.2) is 17.4 Å². The van der Waals surface area contributed by atoms with Crippen LogP contribution in [0.5, 0.6) is 0 Å². The number of rotatable bonds is 6. The van der Waals surface area contributed by atoms with Crippen molar-refractivity contribution in [3.8, 4) is 0 Å². The third-order valence-corrected chi connectivity index (χ3v) is 2.89. The number of hydrogen-bond acceptors (Lipinski definition) is 2. The summed E-state index contributed by atoms with van der Waals surface area (Å²) in [6, 6.07) is 6.03. The lowest BCUT2D eigenvalue weighted by Crippen LogP contribution is -2.23. The molecule has 1 aromatic rings. The minimum Gasteiger partial charge on any atom is -0.370 e. The molecular weight excluding hydrogens is 220 g/mol. The van der Waals surface area contributed by atoms with Gasteiger partial charge in [0.25, 0.3) is 0 Å².